The number of hydrogen-bond donors (Lipinski definition) is 0. The molecule has 0 aliphatic rings. The Hall–Kier alpha value is -1.86. The Morgan fingerprint density at radius 2 is 1.42 bits per heavy atom. The molecule has 2 rings (SSSR count). The Labute approximate surface area is 116 Å². The fourth-order valence-corrected chi connectivity index (χ4v) is 2.26. The Morgan fingerprint density at radius 1 is 0.895 bits per heavy atom. The zero-order valence-corrected chi connectivity index (χ0v) is 11.6. The number of hydrogen-bond acceptors (Lipinski definition) is 0. The van der Waals surface area contributed by atoms with Gasteiger partial charge in [0.25, 0.3) is 0 Å². The van der Waals surface area contributed by atoms with Crippen molar-refractivity contribution in [2.75, 3.05) is 13.6 Å². The highest BCUT2D eigenvalue weighted by molar-refractivity contribution is 5.15. The van der Waals surface area contributed by atoms with Gasteiger partial charge >= 0.3 is 0 Å². The van der Waals surface area contributed by atoms with E-state index >= 15 is 0 Å². The molecule has 98 valence electrons. The summed E-state index contributed by atoms with van der Waals surface area (Å²) >= 11 is 0. The van der Waals surface area contributed by atoms with Gasteiger partial charge in [0.15, 0.2) is 0 Å². The van der Waals surface area contributed by atoms with Gasteiger partial charge in [-0.15, -0.1) is 0 Å². The predicted molar refractivity (Wildman–Crippen MR) is 81.5 cm³/mol. The van der Waals surface area contributed by atoms with E-state index in [1.165, 1.54) is 11.1 Å². The molecule has 1 unspecified atom stereocenters. The Kier molecular flexibility index (Phi) is 4.53. The molecule has 1 nitrogen and oxygen atoms in total. The van der Waals surface area contributed by atoms with Crippen LogP contribution in [-0.4, -0.2) is 18.1 Å². The van der Waals surface area contributed by atoms with Gasteiger partial charge in [0.2, 0.25) is 0 Å². The topological polar surface area (TPSA) is 0 Å². The molecule has 0 N–H and O–H groups in total. The molecule has 0 aliphatic carbocycles. The van der Waals surface area contributed by atoms with Crippen LogP contribution >= 0.6 is 0 Å². The number of rotatable bonds is 6. The molecule has 0 saturated heterocycles. The van der Waals surface area contributed by atoms with Crippen LogP contribution in [0.4, 0.5) is 0 Å². The van der Waals surface area contributed by atoms with Gasteiger partial charge in [-0.2, -0.15) is 0 Å². The van der Waals surface area contributed by atoms with Crippen molar-refractivity contribution in [2.45, 2.75) is 13.0 Å². The summed E-state index contributed by atoms with van der Waals surface area (Å²) in [6, 6.07) is 21.3. The molecule has 0 heterocycles. The van der Waals surface area contributed by atoms with Crippen molar-refractivity contribution in [3.8, 4) is 0 Å². The normalized spacial score (nSPS) is 13.7. The van der Waals surface area contributed by atoms with E-state index in [2.05, 4.69) is 80.5 Å². The Bertz CT molecular complexity index is 504. The van der Waals surface area contributed by atoms with Gasteiger partial charge in [-0.3, -0.25) is 4.48 Å². The molecule has 1 heteroatoms. The maximum Gasteiger partial charge on any atom is 0.108 e. The van der Waals surface area contributed by atoms with Gasteiger partial charge in [-0.05, 0) is 12.1 Å². The minimum absolute atomic E-state index is 0.860. The molecule has 0 amide bonds. The van der Waals surface area contributed by atoms with Gasteiger partial charge < -0.3 is 0 Å². The van der Waals surface area contributed by atoms with E-state index in [0.717, 1.165) is 24.0 Å². The fourth-order valence-electron chi connectivity index (χ4n) is 2.26. The summed E-state index contributed by atoms with van der Waals surface area (Å²) in [6.45, 7) is 6.08. The number of nitrogens with zero attached hydrogens (tertiary/aromatic N) is 1. The quantitative estimate of drug-likeness (QED) is 0.681. The number of likely N-dealkylation sites (N-methyl/N-ethyl adjacent to an activating group) is 1. The maximum atomic E-state index is 4.01. The largest absolute Gasteiger partial charge is 0.296 e. The summed E-state index contributed by atoms with van der Waals surface area (Å²) in [5, 5.41) is 0. The second-order valence-corrected chi connectivity index (χ2v) is 5.26. The van der Waals surface area contributed by atoms with Crippen LogP contribution in [0.3, 0.4) is 0 Å². The summed E-state index contributed by atoms with van der Waals surface area (Å²) in [6.07, 6.45) is 3.13. The van der Waals surface area contributed by atoms with Crippen molar-refractivity contribution >= 4 is 0 Å². The van der Waals surface area contributed by atoms with Crippen LogP contribution < -0.4 is 0 Å². The monoisotopic (exact) mass is 252 g/mol. The summed E-state index contributed by atoms with van der Waals surface area (Å²) in [7, 11) is 2.24. The molecule has 0 aliphatic heterocycles. The van der Waals surface area contributed by atoms with E-state index in [-0.39, 0.29) is 0 Å². The summed E-state index contributed by atoms with van der Waals surface area (Å²) < 4.78 is 0.860. The molecule has 19 heavy (non-hydrogen) atoms. The van der Waals surface area contributed by atoms with Crippen molar-refractivity contribution in [1.29, 1.82) is 0 Å². The molecule has 0 aromatic heterocycles. The van der Waals surface area contributed by atoms with Crippen LogP contribution in [0, 0.1) is 0 Å². The first-order valence-electron chi connectivity index (χ1n) is 6.77. The average Bonchev–Trinajstić information content (AvgIpc) is 2.47. The van der Waals surface area contributed by atoms with Crippen molar-refractivity contribution in [2.24, 2.45) is 0 Å². The Balaban J connectivity index is 2.00. The van der Waals surface area contributed by atoms with Crippen molar-refractivity contribution in [1.82, 2.24) is 0 Å². The van der Waals surface area contributed by atoms with E-state index in [9.17, 15) is 0 Å². The minimum atomic E-state index is 0.860. The lowest BCUT2D eigenvalue weighted by molar-refractivity contribution is -0.872. The van der Waals surface area contributed by atoms with Gasteiger partial charge in [-0.25, -0.2) is 0 Å². The fraction of sp³-hybridized carbons (Fsp3) is 0.222. The van der Waals surface area contributed by atoms with Gasteiger partial charge in [0, 0.05) is 12.0 Å². The highest BCUT2D eigenvalue weighted by Crippen LogP contribution is 2.14. The molecule has 0 bridgehead atoms. The third kappa shape index (κ3) is 4.08. The average molecular weight is 252 g/mol. The van der Waals surface area contributed by atoms with E-state index < -0.39 is 0 Å². The van der Waals surface area contributed by atoms with Crippen LogP contribution in [0.1, 0.15) is 11.1 Å². The van der Waals surface area contributed by atoms with Crippen LogP contribution in [0.5, 0.6) is 0 Å². The van der Waals surface area contributed by atoms with E-state index in [4.69, 9.17) is 0 Å². The molecule has 0 spiro atoms. The van der Waals surface area contributed by atoms with Crippen molar-refractivity contribution in [3.63, 3.8) is 0 Å². The lowest BCUT2D eigenvalue weighted by atomic mass is 10.1. The molecular formula is C18H22N+. The zero-order valence-electron chi connectivity index (χ0n) is 11.6. The second-order valence-electron chi connectivity index (χ2n) is 5.26. The first-order chi connectivity index (χ1) is 9.22. The molecule has 1 atom stereocenters. The summed E-state index contributed by atoms with van der Waals surface area (Å²) in [5.74, 6) is 0. The van der Waals surface area contributed by atoms with E-state index in [1.54, 1.807) is 0 Å². The highest BCUT2D eigenvalue weighted by Gasteiger charge is 2.18. The maximum absolute atomic E-state index is 4.01. The minimum Gasteiger partial charge on any atom is -0.296 e. The molecule has 2 aromatic carbocycles. The van der Waals surface area contributed by atoms with E-state index in [0.29, 0.717) is 0 Å². The Morgan fingerprint density at radius 3 is 1.95 bits per heavy atom. The van der Waals surface area contributed by atoms with E-state index in [1.807, 2.05) is 0 Å². The van der Waals surface area contributed by atoms with Gasteiger partial charge in [0.1, 0.15) is 6.54 Å². The predicted octanol–water partition coefficient (Wildman–Crippen LogP) is 4.02. The molecule has 2 aromatic rings. The molecule has 0 saturated carbocycles. The summed E-state index contributed by atoms with van der Waals surface area (Å²) in [5.41, 5.74) is 2.75. The molecule has 0 fully saturated rings. The number of quaternary nitrogens is 1. The van der Waals surface area contributed by atoms with Gasteiger partial charge in [0.05, 0.1) is 19.8 Å². The van der Waals surface area contributed by atoms with Crippen molar-refractivity contribution in [3.05, 3.63) is 84.6 Å². The lowest BCUT2D eigenvalue weighted by Gasteiger charge is -2.30. The standard InChI is InChI=1S/C18H22N/c1-3-19(2,16-18-12-8-5-9-13-18)15-14-17-10-6-4-7-11-17/h3-13H,1,14-16H2,2H3/q+1. The summed E-state index contributed by atoms with van der Waals surface area (Å²) in [4.78, 5) is 0. The number of benzene rings is 2. The molecule has 0 radical (unpaired) electrons. The first kappa shape index (κ1) is 13.6. The lowest BCUT2D eigenvalue weighted by Crippen LogP contribution is -2.39. The van der Waals surface area contributed by atoms with Gasteiger partial charge in [-0.1, -0.05) is 60.7 Å². The second kappa shape index (κ2) is 6.35. The highest BCUT2D eigenvalue weighted by atomic mass is 15.3. The first-order valence-corrected chi connectivity index (χ1v) is 6.77. The van der Waals surface area contributed by atoms with Crippen molar-refractivity contribution < 1.29 is 4.48 Å². The third-order valence-electron chi connectivity index (χ3n) is 3.58. The molecular weight excluding hydrogens is 230 g/mol. The van der Waals surface area contributed by atoms with Crippen LogP contribution in [0.15, 0.2) is 73.4 Å². The van der Waals surface area contributed by atoms with Crippen LogP contribution in [0.25, 0.3) is 0 Å². The zero-order chi connectivity index (χ0) is 13.6. The SMILES string of the molecule is C=C[N+](C)(CCc1ccccc1)Cc1ccccc1. The third-order valence-corrected chi connectivity index (χ3v) is 3.58. The van der Waals surface area contributed by atoms with Crippen LogP contribution in [-0.2, 0) is 13.0 Å². The smallest absolute Gasteiger partial charge is 0.108 e. The van der Waals surface area contributed by atoms with Crippen LogP contribution in [0.2, 0.25) is 0 Å².